The largest absolute Gasteiger partial charge is 0.490 e. The highest BCUT2D eigenvalue weighted by Crippen LogP contribution is 2.27. The van der Waals surface area contributed by atoms with Crippen LogP contribution in [0.5, 0.6) is 5.75 Å². The van der Waals surface area contributed by atoms with E-state index in [0.717, 1.165) is 0 Å². The number of nitrogens with one attached hydrogen (secondary N) is 1. The second-order valence-electron chi connectivity index (χ2n) is 3.57. The Labute approximate surface area is 125 Å². The Balaban J connectivity index is 2.36. The molecule has 0 fully saturated rings. The summed E-state index contributed by atoms with van der Waals surface area (Å²) in [5.74, 6) is 0.0199. The highest BCUT2D eigenvalue weighted by atomic mass is 35.5. The van der Waals surface area contributed by atoms with Crippen molar-refractivity contribution in [3.8, 4) is 5.75 Å². The van der Waals surface area contributed by atoms with E-state index in [1.807, 2.05) is 0 Å². The second kappa shape index (κ2) is 6.71. The third kappa shape index (κ3) is 5.11. The summed E-state index contributed by atoms with van der Waals surface area (Å²) in [6.45, 7) is 1.91. The summed E-state index contributed by atoms with van der Waals surface area (Å²) >= 11 is 22.8. The van der Waals surface area contributed by atoms with Gasteiger partial charge in [-0.15, -0.1) is 0 Å². The average Bonchev–Trinajstić information content (AvgIpc) is 2.25. The maximum absolute atomic E-state index is 11.3. The zero-order valence-electron chi connectivity index (χ0n) is 9.47. The molecule has 0 aromatic heterocycles. The molecule has 1 amide bonds. The molecule has 0 unspecified atom stereocenters. The van der Waals surface area contributed by atoms with E-state index in [-0.39, 0.29) is 13.2 Å². The molecule has 0 heterocycles. The molecule has 1 N–H and O–H groups in total. The molecule has 0 aliphatic heterocycles. The van der Waals surface area contributed by atoms with Gasteiger partial charge in [-0.1, -0.05) is 46.4 Å². The standard InChI is InChI=1S/C11H11Cl4NO2/c1-11(14,15)10(17)16-4-5-18-9-3-2-7(12)6-8(9)13/h2-3,6H,4-5H2,1H3,(H,16,17). The van der Waals surface area contributed by atoms with Gasteiger partial charge < -0.3 is 10.1 Å². The molecule has 1 aromatic rings. The predicted molar refractivity (Wildman–Crippen MR) is 75.1 cm³/mol. The van der Waals surface area contributed by atoms with E-state index in [1.54, 1.807) is 18.2 Å². The van der Waals surface area contributed by atoms with Crippen molar-refractivity contribution in [2.24, 2.45) is 0 Å². The van der Waals surface area contributed by atoms with Crippen LogP contribution in [0, 0.1) is 0 Å². The van der Waals surface area contributed by atoms with Gasteiger partial charge in [0.25, 0.3) is 5.91 Å². The van der Waals surface area contributed by atoms with Crippen LogP contribution in [0.15, 0.2) is 18.2 Å². The van der Waals surface area contributed by atoms with E-state index in [9.17, 15) is 4.79 Å². The Morgan fingerprint density at radius 2 is 2.06 bits per heavy atom. The van der Waals surface area contributed by atoms with Gasteiger partial charge in [-0.3, -0.25) is 4.79 Å². The first kappa shape index (κ1) is 15.7. The van der Waals surface area contributed by atoms with E-state index in [1.165, 1.54) is 6.92 Å². The summed E-state index contributed by atoms with van der Waals surface area (Å²) in [4.78, 5) is 11.3. The molecule has 0 radical (unpaired) electrons. The minimum Gasteiger partial charge on any atom is -0.490 e. The Morgan fingerprint density at radius 1 is 1.39 bits per heavy atom. The van der Waals surface area contributed by atoms with Crippen molar-refractivity contribution in [1.82, 2.24) is 5.32 Å². The molecule has 0 saturated carbocycles. The number of benzene rings is 1. The van der Waals surface area contributed by atoms with Crippen molar-refractivity contribution in [2.75, 3.05) is 13.2 Å². The van der Waals surface area contributed by atoms with Crippen molar-refractivity contribution < 1.29 is 9.53 Å². The van der Waals surface area contributed by atoms with Crippen LogP contribution in [0.2, 0.25) is 10.0 Å². The minimum atomic E-state index is -1.45. The molecule has 18 heavy (non-hydrogen) atoms. The smallest absolute Gasteiger partial charge is 0.256 e. The third-order valence-electron chi connectivity index (χ3n) is 1.94. The van der Waals surface area contributed by atoms with Gasteiger partial charge in [-0.2, -0.15) is 0 Å². The fourth-order valence-corrected chi connectivity index (χ4v) is 1.67. The Hall–Kier alpha value is -0.350. The van der Waals surface area contributed by atoms with Crippen LogP contribution < -0.4 is 10.1 Å². The number of carbonyl (C=O) groups excluding carboxylic acids is 1. The monoisotopic (exact) mass is 329 g/mol. The molecule has 0 bridgehead atoms. The van der Waals surface area contributed by atoms with Gasteiger partial charge >= 0.3 is 0 Å². The zero-order valence-corrected chi connectivity index (χ0v) is 12.5. The number of halogens is 4. The fraction of sp³-hybridized carbons (Fsp3) is 0.364. The van der Waals surface area contributed by atoms with E-state index < -0.39 is 10.2 Å². The minimum absolute atomic E-state index is 0.247. The second-order valence-corrected chi connectivity index (χ2v) is 6.12. The molecule has 1 rings (SSSR count). The molecule has 3 nitrogen and oxygen atoms in total. The van der Waals surface area contributed by atoms with Gasteiger partial charge in [0.05, 0.1) is 11.6 Å². The summed E-state index contributed by atoms with van der Waals surface area (Å²) < 4.78 is 3.92. The lowest BCUT2D eigenvalue weighted by Crippen LogP contribution is -2.38. The zero-order chi connectivity index (χ0) is 13.8. The Bertz CT molecular complexity index is 432. The van der Waals surface area contributed by atoms with Crippen molar-refractivity contribution >= 4 is 52.3 Å². The maximum Gasteiger partial charge on any atom is 0.256 e. The summed E-state index contributed by atoms with van der Waals surface area (Å²) in [6.07, 6.45) is 0. The quantitative estimate of drug-likeness (QED) is 0.660. The van der Waals surface area contributed by atoms with Crippen LogP contribution in [0.1, 0.15) is 6.92 Å². The lowest BCUT2D eigenvalue weighted by atomic mass is 10.3. The van der Waals surface area contributed by atoms with Gasteiger partial charge in [0, 0.05) is 5.02 Å². The van der Waals surface area contributed by atoms with Crippen LogP contribution in [-0.4, -0.2) is 23.4 Å². The molecule has 7 heteroatoms. The Morgan fingerprint density at radius 3 is 2.61 bits per heavy atom. The third-order valence-corrected chi connectivity index (χ3v) is 2.81. The number of carbonyl (C=O) groups is 1. The number of alkyl halides is 2. The molecule has 0 spiro atoms. The molecule has 0 aliphatic carbocycles. The fourth-order valence-electron chi connectivity index (χ4n) is 1.07. The van der Waals surface area contributed by atoms with Gasteiger partial charge in [-0.25, -0.2) is 0 Å². The molecule has 0 saturated heterocycles. The molecule has 0 aliphatic rings. The first-order chi connectivity index (χ1) is 8.30. The highest BCUT2D eigenvalue weighted by Gasteiger charge is 2.26. The van der Waals surface area contributed by atoms with Gasteiger partial charge in [0.2, 0.25) is 0 Å². The number of ether oxygens (including phenoxy) is 1. The van der Waals surface area contributed by atoms with Crippen LogP contribution in [0.3, 0.4) is 0 Å². The molecular formula is C11H11Cl4NO2. The number of amides is 1. The van der Waals surface area contributed by atoms with Gasteiger partial charge in [-0.05, 0) is 25.1 Å². The first-order valence-corrected chi connectivity index (χ1v) is 6.56. The average molecular weight is 331 g/mol. The highest BCUT2D eigenvalue weighted by molar-refractivity contribution is 6.57. The summed E-state index contributed by atoms with van der Waals surface area (Å²) in [5.41, 5.74) is 0. The normalized spacial score (nSPS) is 11.2. The topological polar surface area (TPSA) is 38.3 Å². The predicted octanol–water partition coefficient (Wildman–Crippen LogP) is 3.68. The van der Waals surface area contributed by atoms with Crippen LogP contribution in [0.4, 0.5) is 0 Å². The number of rotatable bonds is 5. The summed E-state index contributed by atoms with van der Waals surface area (Å²) in [7, 11) is 0. The van der Waals surface area contributed by atoms with Gasteiger partial charge in [0.15, 0.2) is 4.33 Å². The molecule has 1 aromatic carbocycles. The van der Waals surface area contributed by atoms with Gasteiger partial charge in [0.1, 0.15) is 12.4 Å². The summed E-state index contributed by atoms with van der Waals surface area (Å²) in [6, 6.07) is 4.89. The van der Waals surface area contributed by atoms with Crippen molar-refractivity contribution in [2.45, 2.75) is 11.3 Å². The molecular weight excluding hydrogens is 320 g/mol. The maximum atomic E-state index is 11.3. The van der Waals surface area contributed by atoms with E-state index in [4.69, 9.17) is 51.1 Å². The van der Waals surface area contributed by atoms with Crippen LogP contribution in [0.25, 0.3) is 0 Å². The lowest BCUT2D eigenvalue weighted by molar-refractivity contribution is -0.121. The number of hydrogen-bond acceptors (Lipinski definition) is 2. The van der Waals surface area contributed by atoms with Crippen molar-refractivity contribution in [3.05, 3.63) is 28.2 Å². The SMILES string of the molecule is CC(Cl)(Cl)C(=O)NCCOc1ccc(Cl)cc1Cl. The van der Waals surface area contributed by atoms with Crippen molar-refractivity contribution in [1.29, 1.82) is 0 Å². The lowest BCUT2D eigenvalue weighted by Gasteiger charge is -2.14. The van der Waals surface area contributed by atoms with Crippen LogP contribution in [-0.2, 0) is 4.79 Å². The van der Waals surface area contributed by atoms with E-state index in [0.29, 0.717) is 15.8 Å². The van der Waals surface area contributed by atoms with Crippen LogP contribution >= 0.6 is 46.4 Å². The Kier molecular flexibility index (Phi) is 5.86. The molecule has 100 valence electrons. The molecule has 0 atom stereocenters. The number of hydrogen-bond donors (Lipinski definition) is 1. The van der Waals surface area contributed by atoms with E-state index >= 15 is 0 Å². The van der Waals surface area contributed by atoms with E-state index in [2.05, 4.69) is 5.32 Å². The summed E-state index contributed by atoms with van der Waals surface area (Å²) in [5, 5.41) is 3.47. The first-order valence-electron chi connectivity index (χ1n) is 5.04. The van der Waals surface area contributed by atoms with Crippen molar-refractivity contribution in [3.63, 3.8) is 0 Å².